The molecule has 2 aromatic rings. The van der Waals surface area contributed by atoms with Crippen molar-refractivity contribution >= 4 is 44.2 Å². The van der Waals surface area contributed by atoms with E-state index < -0.39 is 21.9 Å². The molecule has 1 aromatic carbocycles. The lowest BCUT2D eigenvalue weighted by atomic mass is 10.0. The molecular weight excluding hydrogens is 470 g/mol. The molecule has 1 unspecified atom stereocenters. The van der Waals surface area contributed by atoms with Crippen LogP contribution in [-0.2, 0) is 10.1 Å². The van der Waals surface area contributed by atoms with E-state index in [4.69, 9.17) is 5.26 Å². The Hall–Kier alpha value is -3.80. The third-order valence-electron chi connectivity index (χ3n) is 4.66. The number of nitrogens with zero attached hydrogens (tertiary/aromatic N) is 6. The second-order valence-corrected chi connectivity index (χ2v) is 9.26. The minimum atomic E-state index is -4.37. The first-order valence-corrected chi connectivity index (χ1v) is 11.5. The summed E-state index contributed by atoms with van der Waals surface area (Å²) in [6.07, 6.45) is 3.85. The maximum Gasteiger partial charge on any atom is 0.295 e. The minimum absolute atomic E-state index is 0.0919. The molecule has 0 amide bonds. The Morgan fingerprint density at radius 2 is 1.85 bits per heavy atom. The molecule has 0 fully saturated rings. The number of rotatable bonds is 5. The molecule has 1 aliphatic carbocycles. The highest BCUT2D eigenvalue weighted by atomic mass is 32.2. The van der Waals surface area contributed by atoms with E-state index in [0.29, 0.717) is 33.2 Å². The Morgan fingerprint density at radius 1 is 1.18 bits per heavy atom. The Balaban J connectivity index is 1.55. The SMILES string of the molecule is CC1=CCC2N=C(c3ccc(/N=N/c4c(O)nc(NC#N)nc4O)cc3)SC2=C1S(=O)(=O)O. The summed E-state index contributed by atoms with van der Waals surface area (Å²) in [4.78, 5) is 12.1. The van der Waals surface area contributed by atoms with Crippen LogP contribution >= 0.6 is 11.8 Å². The van der Waals surface area contributed by atoms with Crippen LogP contribution in [0.5, 0.6) is 11.8 Å². The first-order valence-electron chi connectivity index (χ1n) is 9.29. The van der Waals surface area contributed by atoms with Gasteiger partial charge in [-0.05, 0) is 31.1 Å². The normalized spacial score (nSPS) is 18.0. The Morgan fingerprint density at radius 3 is 2.45 bits per heavy atom. The van der Waals surface area contributed by atoms with Crippen LogP contribution in [0.2, 0.25) is 0 Å². The van der Waals surface area contributed by atoms with Crippen LogP contribution in [0.3, 0.4) is 0 Å². The number of thioether (sulfide) groups is 1. The zero-order valence-corrected chi connectivity index (χ0v) is 18.5. The topological polar surface area (TPSA) is 194 Å². The quantitative estimate of drug-likeness (QED) is 0.211. The summed E-state index contributed by atoms with van der Waals surface area (Å²) < 4.78 is 33.3. The molecule has 4 N–H and O–H groups in total. The van der Waals surface area contributed by atoms with Crippen LogP contribution in [0, 0.1) is 11.5 Å². The van der Waals surface area contributed by atoms with Gasteiger partial charge in [-0.1, -0.05) is 30.0 Å². The summed E-state index contributed by atoms with van der Waals surface area (Å²) in [6.45, 7) is 1.64. The molecule has 0 bridgehead atoms. The van der Waals surface area contributed by atoms with Crippen LogP contribution in [0.1, 0.15) is 18.9 Å². The van der Waals surface area contributed by atoms with Crippen molar-refractivity contribution in [3.63, 3.8) is 0 Å². The second kappa shape index (κ2) is 8.62. The Bertz CT molecular complexity index is 1380. The predicted octanol–water partition coefficient (Wildman–Crippen LogP) is 3.51. The van der Waals surface area contributed by atoms with Crippen molar-refractivity contribution in [2.24, 2.45) is 15.2 Å². The molecule has 0 radical (unpaired) electrons. The van der Waals surface area contributed by atoms with Gasteiger partial charge in [-0.15, -0.1) is 5.11 Å². The number of aliphatic imine (C=N–C) groups is 1. The van der Waals surface area contributed by atoms with Gasteiger partial charge in [0.05, 0.1) is 11.7 Å². The molecule has 33 heavy (non-hydrogen) atoms. The number of aromatic hydroxyl groups is 2. The molecule has 0 saturated carbocycles. The number of azo groups is 1. The number of nitrogens with one attached hydrogen (secondary N) is 1. The number of nitriles is 1. The van der Waals surface area contributed by atoms with E-state index in [1.165, 1.54) is 11.8 Å². The summed E-state index contributed by atoms with van der Waals surface area (Å²) in [6, 6.07) is 6.29. The largest absolute Gasteiger partial charge is 0.491 e. The van der Waals surface area contributed by atoms with E-state index in [2.05, 4.69) is 30.5 Å². The van der Waals surface area contributed by atoms with Crippen molar-refractivity contribution in [1.29, 1.82) is 5.26 Å². The fraction of sp³-hybridized carbons (Fsp3) is 0.158. The van der Waals surface area contributed by atoms with Crippen LogP contribution in [0.4, 0.5) is 17.3 Å². The van der Waals surface area contributed by atoms with Crippen molar-refractivity contribution in [1.82, 2.24) is 9.97 Å². The molecule has 14 heteroatoms. The number of aromatic nitrogens is 2. The van der Waals surface area contributed by atoms with Crippen LogP contribution < -0.4 is 5.32 Å². The van der Waals surface area contributed by atoms with E-state index in [9.17, 15) is 23.2 Å². The molecule has 168 valence electrons. The van der Waals surface area contributed by atoms with Gasteiger partial charge in [0.15, 0.2) is 6.19 Å². The average molecular weight is 486 g/mol. The zero-order valence-electron chi connectivity index (χ0n) is 16.8. The van der Waals surface area contributed by atoms with Gasteiger partial charge >= 0.3 is 0 Å². The predicted molar refractivity (Wildman–Crippen MR) is 120 cm³/mol. The standard InChI is InChI=1S/C19H15N7O5S2/c1-9-2-7-12-14(15(9)33(29,30)31)32-18(22-12)10-3-5-11(6-4-10)25-26-13-16(27)23-19(21-8-20)24-17(13)28/h2-6,12H,7H2,1H3,(H,29,30,31)(H3,21,23,24,27,28)/b26-25+. The molecular formula is C19H15N7O5S2. The van der Waals surface area contributed by atoms with Gasteiger partial charge in [-0.2, -0.15) is 28.8 Å². The molecule has 2 heterocycles. The van der Waals surface area contributed by atoms with Crippen molar-refractivity contribution in [2.75, 3.05) is 5.32 Å². The van der Waals surface area contributed by atoms with Gasteiger partial charge in [0.2, 0.25) is 23.4 Å². The van der Waals surface area contributed by atoms with Gasteiger partial charge in [0, 0.05) is 10.5 Å². The van der Waals surface area contributed by atoms with Crippen molar-refractivity contribution in [2.45, 2.75) is 19.4 Å². The van der Waals surface area contributed by atoms with E-state index in [1.807, 2.05) is 0 Å². The first kappa shape index (κ1) is 22.4. The zero-order chi connectivity index (χ0) is 23.8. The summed E-state index contributed by atoms with van der Waals surface area (Å²) >= 11 is 1.20. The van der Waals surface area contributed by atoms with Crippen LogP contribution in [0.15, 0.2) is 60.9 Å². The minimum Gasteiger partial charge on any atom is -0.491 e. The molecule has 1 aromatic heterocycles. The van der Waals surface area contributed by atoms with E-state index in [0.717, 1.165) is 0 Å². The van der Waals surface area contributed by atoms with Gasteiger partial charge in [-0.25, -0.2) is 0 Å². The summed E-state index contributed by atoms with van der Waals surface area (Å²) in [5.74, 6) is -1.61. The van der Waals surface area contributed by atoms with Gasteiger partial charge in [-0.3, -0.25) is 14.9 Å². The van der Waals surface area contributed by atoms with Crippen molar-refractivity contribution in [3.8, 4) is 18.0 Å². The van der Waals surface area contributed by atoms with Gasteiger partial charge < -0.3 is 10.2 Å². The van der Waals surface area contributed by atoms with E-state index in [-0.39, 0.29) is 22.6 Å². The number of fused-ring (bicyclic) bond motifs is 1. The molecule has 1 aliphatic heterocycles. The summed E-state index contributed by atoms with van der Waals surface area (Å²) in [5.41, 5.74) is 1.23. The maximum absolute atomic E-state index is 11.8. The molecule has 0 spiro atoms. The lowest BCUT2D eigenvalue weighted by Gasteiger charge is -2.17. The number of hydrogen-bond acceptors (Lipinski definition) is 12. The second-order valence-electron chi connectivity index (χ2n) is 6.87. The van der Waals surface area contributed by atoms with Gasteiger partial charge in [0.1, 0.15) is 9.95 Å². The Kier molecular flexibility index (Phi) is 5.85. The van der Waals surface area contributed by atoms with Crippen LogP contribution in [0.25, 0.3) is 0 Å². The molecule has 0 saturated heterocycles. The average Bonchev–Trinajstić information content (AvgIpc) is 3.16. The monoisotopic (exact) mass is 485 g/mol. The number of hydrogen-bond donors (Lipinski definition) is 4. The summed E-state index contributed by atoms with van der Waals surface area (Å²) in [7, 11) is -4.37. The molecule has 1 atom stereocenters. The van der Waals surface area contributed by atoms with Crippen molar-refractivity contribution in [3.05, 3.63) is 51.3 Å². The first-order chi connectivity index (χ1) is 15.7. The van der Waals surface area contributed by atoms with Gasteiger partial charge in [0.25, 0.3) is 10.1 Å². The smallest absolute Gasteiger partial charge is 0.295 e. The molecule has 2 aliphatic rings. The lowest BCUT2D eigenvalue weighted by Crippen LogP contribution is -2.15. The fourth-order valence-corrected chi connectivity index (χ4v) is 5.70. The maximum atomic E-state index is 11.8. The number of anilines is 1. The van der Waals surface area contributed by atoms with E-state index in [1.54, 1.807) is 43.5 Å². The highest BCUT2D eigenvalue weighted by Gasteiger charge is 2.35. The highest BCUT2D eigenvalue weighted by molar-refractivity contribution is 8.18. The molecule has 4 rings (SSSR count). The number of allylic oxidation sites excluding steroid dienone is 1. The Labute approximate surface area is 191 Å². The summed E-state index contributed by atoms with van der Waals surface area (Å²) in [5, 5.41) is 38.6. The third-order valence-corrected chi connectivity index (χ3v) is 7.08. The van der Waals surface area contributed by atoms with Crippen molar-refractivity contribution < 1.29 is 23.2 Å². The third kappa shape index (κ3) is 4.55. The lowest BCUT2D eigenvalue weighted by molar-refractivity contribution is 0.425. The number of benzene rings is 1. The van der Waals surface area contributed by atoms with E-state index >= 15 is 0 Å². The molecule has 12 nitrogen and oxygen atoms in total. The highest BCUT2D eigenvalue weighted by Crippen LogP contribution is 2.44. The van der Waals surface area contributed by atoms with Crippen LogP contribution in [-0.4, -0.2) is 44.2 Å². The fourth-order valence-electron chi connectivity index (χ4n) is 3.20.